The minimum absolute atomic E-state index is 0.272. The topological polar surface area (TPSA) is 98.0 Å². The van der Waals surface area contributed by atoms with E-state index in [4.69, 9.17) is 5.11 Å². The summed E-state index contributed by atoms with van der Waals surface area (Å²) in [4.78, 5) is 10.3. The molecule has 0 fully saturated rings. The first-order valence-electron chi connectivity index (χ1n) is 8.89. The third-order valence-corrected chi connectivity index (χ3v) is 3.97. The van der Waals surface area contributed by atoms with Gasteiger partial charge in [0, 0.05) is 6.08 Å². The van der Waals surface area contributed by atoms with Crippen molar-refractivity contribution in [2.24, 2.45) is 0 Å². The second kappa shape index (κ2) is 14.7. The van der Waals surface area contributed by atoms with E-state index in [1.165, 1.54) is 25.3 Å². The molecule has 0 aliphatic heterocycles. The SMILES string of the molecule is CCCCCCC(O)CCCC(O)CCC(O)CC=CC(=O)O. The van der Waals surface area contributed by atoms with Crippen molar-refractivity contribution < 1.29 is 25.2 Å². The molecule has 0 radical (unpaired) electrons. The molecule has 0 aliphatic rings. The van der Waals surface area contributed by atoms with E-state index >= 15 is 0 Å². The zero-order valence-electron chi connectivity index (χ0n) is 14.4. The summed E-state index contributed by atoms with van der Waals surface area (Å²) in [6.45, 7) is 2.16. The molecule has 0 aliphatic carbocycles. The summed E-state index contributed by atoms with van der Waals surface area (Å²) >= 11 is 0. The number of carbonyl (C=O) groups is 1. The van der Waals surface area contributed by atoms with Crippen LogP contribution in [0.2, 0.25) is 0 Å². The summed E-state index contributed by atoms with van der Waals surface area (Å²) in [6.07, 6.45) is 9.92. The lowest BCUT2D eigenvalue weighted by Crippen LogP contribution is -2.14. The van der Waals surface area contributed by atoms with Crippen LogP contribution < -0.4 is 0 Å². The average Bonchev–Trinajstić information content (AvgIpc) is 2.49. The molecule has 0 aromatic heterocycles. The van der Waals surface area contributed by atoms with Crippen LogP contribution >= 0.6 is 0 Å². The van der Waals surface area contributed by atoms with E-state index in [0.29, 0.717) is 25.7 Å². The van der Waals surface area contributed by atoms with Crippen LogP contribution in [0.4, 0.5) is 0 Å². The van der Waals surface area contributed by atoms with Gasteiger partial charge in [-0.25, -0.2) is 4.79 Å². The van der Waals surface area contributed by atoms with E-state index in [2.05, 4.69) is 6.92 Å². The molecule has 0 aromatic carbocycles. The van der Waals surface area contributed by atoms with E-state index in [1.807, 2.05) is 0 Å². The average molecular weight is 330 g/mol. The third-order valence-electron chi connectivity index (χ3n) is 3.97. The van der Waals surface area contributed by atoms with Crippen LogP contribution in [0.3, 0.4) is 0 Å². The van der Waals surface area contributed by atoms with Gasteiger partial charge in [-0.15, -0.1) is 0 Å². The minimum Gasteiger partial charge on any atom is -0.478 e. The number of hydrogen-bond acceptors (Lipinski definition) is 4. The Balaban J connectivity index is 3.58. The van der Waals surface area contributed by atoms with Gasteiger partial charge in [0.2, 0.25) is 0 Å². The fourth-order valence-electron chi connectivity index (χ4n) is 2.51. The van der Waals surface area contributed by atoms with Gasteiger partial charge in [0.1, 0.15) is 0 Å². The molecular formula is C18H34O5. The highest BCUT2D eigenvalue weighted by Crippen LogP contribution is 2.14. The molecular weight excluding hydrogens is 296 g/mol. The zero-order valence-corrected chi connectivity index (χ0v) is 14.4. The van der Waals surface area contributed by atoms with E-state index in [-0.39, 0.29) is 12.5 Å². The van der Waals surface area contributed by atoms with Crippen LogP contribution in [0.15, 0.2) is 12.2 Å². The molecule has 0 aromatic rings. The number of aliphatic carboxylic acids is 1. The molecule has 0 spiro atoms. The zero-order chi connectivity index (χ0) is 17.5. The molecule has 0 rings (SSSR count). The summed E-state index contributed by atoms with van der Waals surface area (Å²) in [5.41, 5.74) is 0. The highest BCUT2D eigenvalue weighted by atomic mass is 16.4. The predicted molar refractivity (Wildman–Crippen MR) is 91.3 cm³/mol. The number of hydrogen-bond donors (Lipinski definition) is 4. The maximum Gasteiger partial charge on any atom is 0.327 e. The van der Waals surface area contributed by atoms with Gasteiger partial charge in [-0.05, 0) is 44.9 Å². The predicted octanol–water partition coefficient (Wildman–Crippen LogP) is 3.02. The standard InChI is InChI=1S/C18H34O5/c1-2-3-4-5-8-15(19)9-6-10-16(20)13-14-17(21)11-7-12-18(22)23/h7,12,15-17,19-21H,2-6,8-11,13-14H2,1H3,(H,22,23). The highest BCUT2D eigenvalue weighted by molar-refractivity contribution is 5.79. The van der Waals surface area contributed by atoms with Crippen LogP contribution in [0.1, 0.15) is 77.6 Å². The Labute approximate surface area is 140 Å². The second-order valence-corrected chi connectivity index (χ2v) is 6.30. The Hall–Kier alpha value is -0.910. The Bertz CT molecular complexity index is 317. The maximum atomic E-state index is 10.3. The van der Waals surface area contributed by atoms with Crippen LogP contribution in [-0.4, -0.2) is 44.7 Å². The summed E-state index contributed by atoms with van der Waals surface area (Å²) in [5.74, 6) is -1.02. The molecule has 0 saturated heterocycles. The van der Waals surface area contributed by atoms with Crippen molar-refractivity contribution in [1.29, 1.82) is 0 Å². The van der Waals surface area contributed by atoms with Crippen LogP contribution in [-0.2, 0) is 4.79 Å². The van der Waals surface area contributed by atoms with Crippen molar-refractivity contribution >= 4 is 5.97 Å². The summed E-state index contributed by atoms with van der Waals surface area (Å²) in [5, 5.41) is 37.8. The van der Waals surface area contributed by atoms with E-state index < -0.39 is 18.2 Å². The normalized spacial score (nSPS) is 15.7. The van der Waals surface area contributed by atoms with E-state index in [1.54, 1.807) is 0 Å². The quantitative estimate of drug-likeness (QED) is 0.273. The smallest absolute Gasteiger partial charge is 0.327 e. The number of carboxylic acid groups (broad SMARTS) is 1. The Morgan fingerprint density at radius 3 is 2.00 bits per heavy atom. The van der Waals surface area contributed by atoms with Gasteiger partial charge >= 0.3 is 5.97 Å². The molecule has 4 N–H and O–H groups in total. The van der Waals surface area contributed by atoms with Gasteiger partial charge < -0.3 is 20.4 Å². The molecule has 136 valence electrons. The number of aliphatic hydroxyl groups is 3. The number of unbranched alkanes of at least 4 members (excludes halogenated alkanes) is 3. The van der Waals surface area contributed by atoms with E-state index in [9.17, 15) is 20.1 Å². The monoisotopic (exact) mass is 330 g/mol. The number of aliphatic hydroxyl groups excluding tert-OH is 3. The first kappa shape index (κ1) is 22.1. The fourth-order valence-corrected chi connectivity index (χ4v) is 2.51. The van der Waals surface area contributed by atoms with Crippen molar-refractivity contribution in [2.75, 3.05) is 0 Å². The Morgan fingerprint density at radius 2 is 1.39 bits per heavy atom. The summed E-state index contributed by atoms with van der Waals surface area (Å²) < 4.78 is 0. The van der Waals surface area contributed by atoms with Crippen LogP contribution in [0.25, 0.3) is 0 Å². The summed E-state index contributed by atoms with van der Waals surface area (Å²) in [6, 6.07) is 0. The number of rotatable bonds is 15. The molecule has 0 saturated carbocycles. The summed E-state index contributed by atoms with van der Waals surface area (Å²) in [7, 11) is 0. The molecule has 3 unspecified atom stereocenters. The van der Waals surface area contributed by atoms with Crippen molar-refractivity contribution in [3.8, 4) is 0 Å². The lowest BCUT2D eigenvalue weighted by molar-refractivity contribution is -0.131. The van der Waals surface area contributed by atoms with Gasteiger partial charge in [0.15, 0.2) is 0 Å². The van der Waals surface area contributed by atoms with Crippen LogP contribution in [0.5, 0.6) is 0 Å². The Morgan fingerprint density at radius 1 is 0.826 bits per heavy atom. The molecule has 0 heterocycles. The van der Waals surface area contributed by atoms with Crippen molar-refractivity contribution in [1.82, 2.24) is 0 Å². The van der Waals surface area contributed by atoms with Gasteiger partial charge in [0.05, 0.1) is 18.3 Å². The van der Waals surface area contributed by atoms with Gasteiger partial charge in [0.25, 0.3) is 0 Å². The maximum absolute atomic E-state index is 10.3. The second-order valence-electron chi connectivity index (χ2n) is 6.30. The van der Waals surface area contributed by atoms with Gasteiger partial charge in [-0.2, -0.15) is 0 Å². The van der Waals surface area contributed by atoms with Crippen molar-refractivity contribution in [3.63, 3.8) is 0 Å². The lowest BCUT2D eigenvalue weighted by atomic mass is 10.0. The molecule has 0 bridgehead atoms. The largest absolute Gasteiger partial charge is 0.478 e. The fraction of sp³-hybridized carbons (Fsp3) is 0.833. The van der Waals surface area contributed by atoms with Gasteiger partial charge in [-0.3, -0.25) is 0 Å². The molecule has 3 atom stereocenters. The Kier molecular flexibility index (Phi) is 14.1. The molecule has 0 amide bonds. The third kappa shape index (κ3) is 15.8. The number of carboxylic acids is 1. The van der Waals surface area contributed by atoms with Crippen molar-refractivity contribution in [3.05, 3.63) is 12.2 Å². The first-order chi connectivity index (χ1) is 11.0. The highest BCUT2D eigenvalue weighted by Gasteiger charge is 2.10. The van der Waals surface area contributed by atoms with Gasteiger partial charge in [-0.1, -0.05) is 38.7 Å². The van der Waals surface area contributed by atoms with E-state index in [0.717, 1.165) is 25.3 Å². The molecule has 23 heavy (non-hydrogen) atoms. The first-order valence-corrected chi connectivity index (χ1v) is 8.89. The van der Waals surface area contributed by atoms with Crippen molar-refractivity contribution in [2.45, 2.75) is 95.9 Å². The minimum atomic E-state index is -1.02. The van der Waals surface area contributed by atoms with Crippen LogP contribution in [0, 0.1) is 0 Å². The molecule has 5 heteroatoms. The molecule has 5 nitrogen and oxygen atoms in total. The lowest BCUT2D eigenvalue weighted by Gasteiger charge is -2.14.